The van der Waals surface area contributed by atoms with Crippen LogP contribution in [-0.2, 0) is 0 Å². The van der Waals surface area contributed by atoms with Crippen molar-refractivity contribution in [3.8, 4) is 0 Å². The van der Waals surface area contributed by atoms with Gasteiger partial charge in [0.1, 0.15) is 11.0 Å². The number of aryl methyl sites for hydroxylation is 1. The van der Waals surface area contributed by atoms with Gasteiger partial charge in [-0.3, -0.25) is 0 Å². The maximum atomic E-state index is 5.84. The van der Waals surface area contributed by atoms with Gasteiger partial charge in [0.15, 0.2) is 5.65 Å². The number of nitrogens with zero attached hydrogens (tertiary/aromatic N) is 4. The fourth-order valence-corrected chi connectivity index (χ4v) is 1.68. The summed E-state index contributed by atoms with van der Waals surface area (Å²) in [6.45, 7) is 5.92. The minimum Gasteiger partial charge on any atom is -0.403 e. The largest absolute Gasteiger partial charge is 0.403 e. The first kappa shape index (κ1) is 17.1. The highest BCUT2D eigenvalue weighted by atomic mass is 35.5. The zero-order chi connectivity index (χ0) is 16.0. The van der Waals surface area contributed by atoms with Crippen LogP contribution in [0.15, 0.2) is 24.7 Å². The van der Waals surface area contributed by atoms with Gasteiger partial charge < -0.3 is 16.1 Å². The highest BCUT2D eigenvalue weighted by Crippen LogP contribution is 2.17. The topological polar surface area (TPSA) is 97.5 Å². The zero-order valence-electron chi connectivity index (χ0n) is 12.7. The molecule has 0 saturated heterocycles. The van der Waals surface area contributed by atoms with Crippen LogP contribution >= 0.6 is 11.6 Å². The first-order valence-electron chi connectivity index (χ1n) is 6.50. The van der Waals surface area contributed by atoms with Gasteiger partial charge in [0.2, 0.25) is 0 Å². The second-order valence-electron chi connectivity index (χ2n) is 4.66. The van der Waals surface area contributed by atoms with Gasteiger partial charge in [-0.25, -0.2) is 10.8 Å². The van der Waals surface area contributed by atoms with E-state index in [1.807, 2.05) is 27.8 Å². The summed E-state index contributed by atoms with van der Waals surface area (Å²) < 4.78 is 1.72. The molecule has 0 aromatic carbocycles. The van der Waals surface area contributed by atoms with Crippen molar-refractivity contribution in [2.24, 2.45) is 11.6 Å². The summed E-state index contributed by atoms with van der Waals surface area (Å²) >= 11 is 5.84. The molecule has 0 saturated carbocycles. The number of anilines is 1. The van der Waals surface area contributed by atoms with Crippen molar-refractivity contribution in [1.29, 1.82) is 0 Å². The third-order valence-corrected chi connectivity index (χ3v) is 2.92. The molecular weight excluding hydrogens is 290 g/mol. The van der Waals surface area contributed by atoms with E-state index in [2.05, 4.69) is 15.4 Å². The molecule has 0 bridgehead atoms. The summed E-state index contributed by atoms with van der Waals surface area (Å²) in [7, 11) is 1.82. The van der Waals surface area contributed by atoms with E-state index in [1.165, 1.54) is 6.20 Å². The van der Waals surface area contributed by atoms with Gasteiger partial charge in [0.05, 0.1) is 6.20 Å². The maximum Gasteiger partial charge on any atom is 0.161 e. The SMILES string of the molecule is CC(C)N(N)/C=C\N.CNc1cc(Cl)nc2c(C)cnn12. The predicted octanol–water partition coefficient (Wildman–Crippen LogP) is 1.73. The van der Waals surface area contributed by atoms with E-state index in [0.717, 1.165) is 17.0 Å². The van der Waals surface area contributed by atoms with E-state index in [1.54, 1.807) is 28.0 Å². The van der Waals surface area contributed by atoms with E-state index in [0.29, 0.717) is 11.2 Å². The van der Waals surface area contributed by atoms with Gasteiger partial charge in [-0.05, 0) is 20.8 Å². The van der Waals surface area contributed by atoms with Crippen LogP contribution in [0.3, 0.4) is 0 Å². The van der Waals surface area contributed by atoms with Crippen molar-refractivity contribution in [3.05, 3.63) is 35.4 Å². The lowest BCUT2D eigenvalue weighted by Crippen LogP contribution is -2.32. The van der Waals surface area contributed by atoms with E-state index in [9.17, 15) is 0 Å². The molecule has 0 radical (unpaired) electrons. The van der Waals surface area contributed by atoms with Gasteiger partial charge in [0.25, 0.3) is 0 Å². The molecule has 2 heterocycles. The lowest BCUT2D eigenvalue weighted by molar-refractivity contribution is 0.322. The minimum atomic E-state index is 0.315. The van der Waals surface area contributed by atoms with Crippen LogP contribution in [0.5, 0.6) is 0 Å². The standard InChI is InChI=1S/C8H9ClN4.C5H13N3/c1-5-4-11-13-7(10-2)3-6(9)12-8(5)13;1-5(2)8(7)4-3-6/h3-4,10H,1-2H3;3-5H,6-7H2,1-2H3/b;4-3-. The second-order valence-corrected chi connectivity index (χ2v) is 5.05. The Kier molecular flexibility index (Phi) is 6.26. The number of aromatic nitrogens is 3. The van der Waals surface area contributed by atoms with Crippen LogP contribution in [0, 0.1) is 6.92 Å². The summed E-state index contributed by atoms with van der Waals surface area (Å²) in [6.07, 6.45) is 4.81. The number of nitrogens with two attached hydrogens (primary N) is 2. The molecule has 0 aliphatic rings. The smallest absolute Gasteiger partial charge is 0.161 e. The van der Waals surface area contributed by atoms with Crippen LogP contribution in [0.25, 0.3) is 5.65 Å². The summed E-state index contributed by atoms with van der Waals surface area (Å²) in [5.74, 6) is 6.23. The molecule has 7 nitrogen and oxygen atoms in total. The normalized spacial score (nSPS) is 10.8. The van der Waals surface area contributed by atoms with Crippen molar-refractivity contribution < 1.29 is 0 Å². The number of fused-ring (bicyclic) bond motifs is 1. The zero-order valence-corrected chi connectivity index (χ0v) is 13.5. The summed E-state index contributed by atoms with van der Waals surface area (Å²) in [5.41, 5.74) is 6.87. The molecule has 0 aliphatic heterocycles. The molecule has 2 rings (SSSR count). The van der Waals surface area contributed by atoms with Crippen molar-refractivity contribution >= 4 is 23.1 Å². The van der Waals surface area contributed by atoms with Gasteiger partial charge in [-0.15, -0.1) is 0 Å². The molecule has 0 amide bonds. The predicted molar refractivity (Wildman–Crippen MR) is 86.8 cm³/mol. The average molecular weight is 312 g/mol. The molecule has 116 valence electrons. The Morgan fingerprint density at radius 1 is 1.48 bits per heavy atom. The van der Waals surface area contributed by atoms with Crippen LogP contribution in [0.2, 0.25) is 5.15 Å². The Labute approximate surface area is 129 Å². The molecule has 0 fully saturated rings. The Balaban J connectivity index is 0.000000240. The molecule has 2 aromatic heterocycles. The number of rotatable bonds is 3. The number of hydrazine groups is 1. The van der Waals surface area contributed by atoms with E-state index in [-0.39, 0.29) is 0 Å². The molecule has 8 heteroatoms. The molecule has 2 aromatic rings. The lowest BCUT2D eigenvalue weighted by atomic mass is 10.4. The second kappa shape index (κ2) is 7.70. The minimum absolute atomic E-state index is 0.315. The van der Waals surface area contributed by atoms with Crippen molar-refractivity contribution in [1.82, 2.24) is 19.6 Å². The molecule has 0 spiro atoms. The van der Waals surface area contributed by atoms with Gasteiger partial charge in [0, 0.05) is 37.1 Å². The first-order chi connectivity index (χ1) is 9.90. The molecule has 0 aliphatic carbocycles. The summed E-state index contributed by atoms with van der Waals surface area (Å²) in [4.78, 5) is 4.17. The van der Waals surface area contributed by atoms with Crippen LogP contribution < -0.4 is 16.9 Å². The van der Waals surface area contributed by atoms with E-state index in [4.69, 9.17) is 23.2 Å². The van der Waals surface area contributed by atoms with Gasteiger partial charge in [-0.1, -0.05) is 11.6 Å². The Morgan fingerprint density at radius 3 is 2.62 bits per heavy atom. The lowest BCUT2D eigenvalue weighted by Gasteiger charge is -2.16. The molecule has 21 heavy (non-hydrogen) atoms. The summed E-state index contributed by atoms with van der Waals surface area (Å²) in [6, 6.07) is 2.05. The quantitative estimate of drug-likeness (QED) is 0.454. The number of halogens is 1. The first-order valence-corrected chi connectivity index (χ1v) is 6.88. The maximum absolute atomic E-state index is 5.84. The Hall–Kier alpha value is -1.99. The van der Waals surface area contributed by atoms with E-state index >= 15 is 0 Å². The third kappa shape index (κ3) is 4.51. The van der Waals surface area contributed by atoms with Crippen LogP contribution in [0.1, 0.15) is 19.4 Å². The fourth-order valence-electron chi connectivity index (χ4n) is 1.49. The molecule has 0 unspecified atom stereocenters. The highest BCUT2D eigenvalue weighted by Gasteiger charge is 2.06. The Morgan fingerprint density at radius 2 is 2.14 bits per heavy atom. The average Bonchev–Trinajstić information content (AvgIpc) is 2.80. The van der Waals surface area contributed by atoms with Crippen LogP contribution in [-0.4, -0.2) is 32.7 Å². The van der Waals surface area contributed by atoms with Crippen molar-refractivity contribution in [3.63, 3.8) is 0 Å². The number of nitrogens with one attached hydrogen (secondary N) is 1. The van der Waals surface area contributed by atoms with Gasteiger partial charge >= 0.3 is 0 Å². The van der Waals surface area contributed by atoms with Crippen molar-refractivity contribution in [2.45, 2.75) is 26.8 Å². The number of hydrogen-bond acceptors (Lipinski definition) is 6. The highest BCUT2D eigenvalue weighted by molar-refractivity contribution is 6.29. The van der Waals surface area contributed by atoms with E-state index < -0.39 is 0 Å². The van der Waals surface area contributed by atoms with Crippen LogP contribution in [0.4, 0.5) is 5.82 Å². The Bertz CT molecular complexity index is 606. The summed E-state index contributed by atoms with van der Waals surface area (Å²) in [5, 5.41) is 9.18. The fraction of sp³-hybridized carbons (Fsp3) is 0.385. The number of hydrogen-bond donors (Lipinski definition) is 3. The van der Waals surface area contributed by atoms with Crippen molar-refractivity contribution in [2.75, 3.05) is 12.4 Å². The third-order valence-electron chi connectivity index (χ3n) is 2.73. The van der Waals surface area contributed by atoms with Gasteiger partial charge in [-0.2, -0.15) is 9.61 Å². The molecule has 0 atom stereocenters. The monoisotopic (exact) mass is 311 g/mol. The molecular formula is C13H22ClN7. The molecule has 5 N–H and O–H groups in total.